The third-order valence-corrected chi connectivity index (χ3v) is 3.39. The average molecular weight is 456 g/mol. The first-order valence-electron chi connectivity index (χ1n) is 8.07. The zero-order valence-corrected chi connectivity index (χ0v) is 16.6. The van der Waals surface area contributed by atoms with Gasteiger partial charge >= 0.3 is 0 Å². The van der Waals surface area contributed by atoms with E-state index in [4.69, 9.17) is 5.73 Å². The van der Waals surface area contributed by atoms with E-state index in [9.17, 15) is 4.79 Å². The normalized spacial score (nSPS) is 10.8. The Kier molecular flexibility index (Phi) is 9.60. The van der Waals surface area contributed by atoms with Gasteiger partial charge in [0.25, 0.3) is 0 Å². The van der Waals surface area contributed by atoms with Gasteiger partial charge in [-0.15, -0.1) is 24.0 Å². The Morgan fingerprint density at radius 3 is 2.84 bits per heavy atom. The van der Waals surface area contributed by atoms with E-state index in [1.165, 1.54) is 0 Å². The number of aryl methyl sites for hydroxylation is 1. The fourth-order valence-electron chi connectivity index (χ4n) is 2.22. The minimum atomic E-state index is -0.426. The van der Waals surface area contributed by atoms with Gasteiger partial charge in [-0.3, -0.25) is 9.48 Å². The molecule has 0 saturated carbocycles. The molecular formula is C17H25IN6O. The number of carbonyl (C=O) groups excluding carboxylic acids is 1. The van der Waals surface area contributed by atoms with E-state index in [2.05, 4.69) is 20.7 Å². The quantitative estimate of drug-likeness (QED) is 0.244. The summed E-state index contributed by atoms with van der Waals surface area (Å²) in [5.74, 6) is 0.326. The van der Waals surface area contributed by atoms with Gasteiger partial charge in [-0.2, -0.15) is 5.10 Å². The smallest absolute Gasteiger partial charge is 0.248 e. The number of guanidine groups is 1. The van der Waals surface area contributed by atoms with E-state index in [1.807, 2.05) is 36.0 Å². The van der Waals surface area contributed by atoms with Gasteiger partial charge in [0.1, 0.15) is 0 Å². The van der Waals surface area contributed by atoms with Gasteiger partial charge < -0.3 is 16.4 Å². The number of hydrogen-bond acceptors (Lipinski definition) is 3. The number of aromatic nitrogens is 2. The molecule has 0 aliphatic heterocycles. The summed E-state index contributed by atoms with van der Waals surface area (Å²) in [5.41, 5.74) is 6.75. The highest BCUT2D eigenvalue weighted by Crippen LogP contribution is 2.06. The monoisotopic (exact) mass is 456 g/mol. The minimum absolute atomic E-state index is 0. The molecule has 136 valence electrons. The molecule has 25 heavy (non-hydrogen) atoms. The maximum atomic E-state index is 11.2. The molecule has 1 aromatic heterocycles. The summed E-state index contributed by atoms with van der Waals surface area (Å²) < 4.78 is 1.90. The molecule has 2 aromatic rings. The van der Waals surface area contributed by atoms with Crippen LogP contribution >= 0.6 is 24.0 Å². The lowest BCUT2D eigenvalue weighted by Crippen LogP contribution is -2.38. The molecule has 0 aliphatic rings. The van der Waals surface area contributed by atoms with Gasteiger partial charge in [0.05, 0.1) is 6.54 Å². The molecule has 8 heteroatoms. The Morgan fingerprint density at radius 1 is 1.32 bits per heavy atom. The molecule has 0 fully saturated rings. The Hall–Kier alpha value is -2.10. The van der Waals surface area contributed by atoms with Crippen LogP contribution in [0.15, 0.2) is 47.7 Å². The highest BCUT2D eigenvalue weighted by molar-refractivity contribution is 14.0. The lowest BCUT2D eigenvalue weighted by Gasteiger charge is -2.11. The second-order valence-electron chi connectivity index (χ2n) is 5.31. The van der Waals surface area contributed by atoms with Crippen LogP contribution in [0.1, 0.15) is 29.3 Å². The van der Waals surface area contributed by atoms with Crippen molar-refractivity contribution in [1.82, 2.24) is 20.4 Å². The zero-order chi connectivity index (χ0) is 17.2. The number of benzene rings is 1. The largest absolute Gasteiger partial charge is 0.366 e. The van der Waals surface area contributed by atoms with Crippen molar-refractivity contribution in [2.75, 3.05) is 13.1 Å². The van der Waals surface area contributed by atoms with Gasteiger partial charge in [-0.25, -0.2) is 4.99 Å². The van der Waals surface area contributed by atoms with Crippen molar-refractivity contribution in [2.45, 2.75) is 26.4 Å². The van der Waals surface area contributed by atoms with Gasteiger partial charge in [0.2, 0.25) is 5.91 Å². The van der Waals surface area contributed by atoms with E-state index < -0.39 is 5.91 Å². The molecule has 0 bridgehead atoms. The Morgan fingerprint density at radius 2 is 2.16 bits per heavy atom. The first kappa shape index (κ1) is 20.9. The molecule has 0 radical (unpaired) electrons. The number of nitrogens with two attached hydrogens (primary N) is 1. The predicted octanol–water partition coefficient (Wildman–Crippen LogP) is 1.75. The third kappa shape index (κ3) is 7.55. The van der Waals surface area contributed by atoms with Crippen molar-refractivity contribution < 1.29 is 4.79 Å². The van der Waals surface area contributed by atoms with Crippen molar-refractivity contribution in [3.8, 4) is 0 Å². The summed E-state index contributed by atoms with van der Waals surface area (Å²) in [6.07, 6.45) is 4.67. The summed E-state index contributed by atoms with van der Waals surface area (Å²) in [6.45, 7) is 4.95. The summed E-state index contributed by atoms with van der Waals surface area (Å²) in [7, 11) is 0. The number of halogens is 1. The molecule has 0 unspecified atom stereocenters. The highest BCUT2D eigenvalue weighted by atomic mass is 127. The molecule has 1 aromatic carbocycles. The van der Waals surface area contributed by atoms with Crippen molar-refractivity contribution in [3.63, 3.8) is 0 Å². The van der Waals surface area contributed by atoms with Crippen LogP contribution in [-0.4, -0.2) is 34.7 Å². The predicted molar refractivity (Wildman–Crippen MR) is 110 cm³/mol. The second kappa shape index (κ2) is 11.5. The molecule has 0 spiro atoms. The molecule has 2 rings (SSSR count). The number of hydrogen-bond donors (Lipinski definition) is 3. The molecule has 1 heterocycles. The fraction of sp³-hybridized carbons (Fsp3) is 0.353. The summed E-state index contributed by atoms with van der Waals surface area (Å²) in [4.78, 5) is 15.8. The van der Waals surface area contributed by atoms with Gasteiger partial charge in [0.15, 0.2) is 5.96 Å². The average Bonchev–Trinajstić information content (AvgIpc) is 3.10. The first-order valence-corrected chi connectivity index (χ1v) is 8.07. The summed E-state index contributed by atoms with van der Waals surface area (Å²) in [5, 5.41) is 10.7. The van der Waals surface area contributed by atoms with Crippen molar-refractivity contribution in [1.29, 1.82) is 0 Å². The Labute approximate surface area is 165 Å². The standard InChI is InChI=1S/C17H24N6O.HI/c1-2-19-17(20-8-4-10-23-11-5-9-22-23)21-13-14-6-3-7-15(12-14)16(18)24;/h3,5-7,9,11-12H,2,4,8,10,13H2,1H3,(H2,18,24)(H2,19,20,21);1H. The van der Waals surface area contributed by atoms with E-state index in [0.29, 0.717) is 12.1 Å². The summed E-state index contributed by atoms with van der Waals surface area (Å²) >= 11 is 0. The molecule has 0 atom stereocenters. The molecular weight excluding hydrogens is 431 g/mol. The topological polar surface area (TPSA) is 97.3 Å². The van der Waals surface area contributed by atoms with Crippen molar-refractivity contribution in [3.05, 3.63) is 53.9 Å². The number of amides is 1. The highest BCUT2D eigenvalue weighted by Gasteiger charge is 2.02. The van der Waals surface area contributed by atoms with Crippen LogP contribution in [0.3, 0.4) is 0 Å². The SMILES string of the molecule is CCNC(=NCc1cccc(C(N)=O)c1)NCCCn1cccn1.I. The van der Waals surface area contributed by atoms with E-state index in [0.717, 1.165) is 37.6 Å². The molecule has 0 aliphatic carbocycles. The Bertz CT molecular complexity index is 672. The number of rotatable bonds is 8. The van der Waals surface area contributed by atoms with E-state index >= 15 is 0 Å². The minimum Gasteiger partial charge on any atom is -0.366 e. The number of primary amides is 1. The lowest BCUT2D eigenvalue weighted by atomic mass is 10.1. The molecule has 0 saturated heterocycles. The Balaban J connectivity index is 0.00000312. The summed E-state index contributed by atoms with van der Waals surface area (Å²) in [6, 6.07) is 9.13. The van der Waals surface area contributed by atoms with E-state index in [1.54, 1.807) is 18.3 Å². The number of nitrogens with zero attached hydrogens (tertiary/aromatic N) is 3. The van der Waals surface area contributed by atoms with Crippen molar-refractivity contribution >= 4 is 35.8 Å². The molecule has 1 amide bonds. The zero-order valence-electron chi connectivity index (χ0n) is 14.3. The number of aliphatic imine (C=N–C) groups is 1. The van der Waals surface area contributed by atoms with Crippen LogP contribution in [-0.2, 0) is 13.1 Å². The molecule has 4 N–H and O–H groups in total. The van der Waals surface area contributed by atoms with Crippen molar-refractivity contribution in [2.24, 2.45) is 10.7 Å². The van der Waals surface area contributed by atoms with Crippen LogP contribution in [0, 0.1) is 0 Å². The van der Waals surface area contributed by atoms with Crippen LogP contribution < -0.4 is 16.4 Å². The molecule has 7 nitrogen and oxygen atoms in total. The van der Waals surface area contributed by atoms with Crippen LogP contribution in [0.2, 0.25) is 0 Å². The van der Waals surface area contributed by atoms with Gasteiger partial charge in [-0.05, 0) is 37.1 Å². The lowest BCUT2D eigenvalue weighted by molar-refractivity contribution is 0.1000. The first-order chi connectivity index (χ1) is 11.7. The van der Waals surface area contributed by atoms with Gasteiger partial charge in [0, 0.05) is 37.6 Å². The van der Waals surface area contributed by atoms with Crippen LogP contribution in [0.25, 0.3) is 0 Å². The maximum Gasteiger partial charge on any atom is 0.248 e. The second-order valence-corrected chi connectivity index (χ2v) is 5.31. The fourth-order valence-corrected chi connectivity index (χ4v) is 2.22. The van der Waals surface area contributed by atoms with Gasteiger partial charge in [-0.1, -0.05) is 12.1 Å². The van der Waals surface area contributed by atoms with Crippen LogP contribution in [0.5, 0.6) is 0 Å². The third-order valence-electron chi connectivity index (χ3n) is 3.39. The van der Waals surface area contributed by atoms with Crippen LogP contribution in [0.4, 0.5) is 0 Å². The maximum absolute atomic E-state index is 11.2. The number of carbonyl (C=O) groups is 1. The van der Waals surface area contributed by atoms with E-state index in [-0.39, 0.29) is 24.0 Å². The number of nitrogens with one attached hydrogen (secondary N) is 2.